The number of pyridine rings is 1. The Hall–Kier alpha value is -2.64. The summed E-state index contributed by atoms with van der Waals surface area (Å²) < 4.78 is 13.1. The fourth-order valence-corrected chi connectivity index (χ4v) is 3.37. The summed E-state index contributed by atoms with van der Waals surface area (Å²) in [7, 11) is 0. The Labute approximate surface area is 164 Å². The molecule has 0 saturated carbocycles. The lowest BCUT2D eigenvalue weighted by atomic mass is 10.1. The second kappa shape index (κ2) is 9.03. The predicted octanol–water partition coefficient (Wildman–Crippen LogP) is 2.07. The highest BCUT2D eigenvalue weighted by molar-refractivity contribution is 5.88. The van der Waals surface area contributed by atoms with Crippen LogP contribution >= 0.6 is 0 Å². The number of carbonyl (C=O) groups is 1. The molecule has 1 N–H and O–H groups in total. The normalized spacial score (nSPS) is 14.8. The summed E-state index contributed by atoms with van der Waals surface area (Å²) in [6.07, 6.45) is 0. The fourth-order valence-electron chi connectivity index (χ4n) is 3.37. The predicted molar refractivity (Wildman–Crippen MR) is 105 cm³/mol. The lowest BCUT2D eigenvalue weighted by molar-refractivity contribution is 0.0361. The van der Waals surface area contributed by atoms with E-state index < -0.39 is 11.4 Å². The van der Waals surface area contributed by atoms with Crippen LogP contribution in [0.25, 0.3) is 0 Å². The zero-order chi connectivity index (χ0) is 20.1. The van der Waals surface area contributed by atoms with Gasteiger partial charge in [-0.15, -0.1) is 0 Å². The molecule has 3 rings (SSSR count). The van der Waals surface area contributed by atoms with Gasteiger partial charge in [-0.2, -0.15) is 0 Å². The van der Waals surface area contributed by atoms with Gasteiger partial charge >= 0.3 is 5.97 Å². The molecule has 2 aromatic rings. The Kier molecular flexibility index (Phi) is 6.49. The number of benzene rings is 1. The minimum Gasteiger partial charge on any atom is -0.487 e. The highest BCUT2D eigenvalue weighted by Crippen LogP contribution is 2.16. The molecule has 0 amide bonds. The molecule has 1 aromatic heterocycles. The summed E-state index contributed by atoms with van der Waals surface area (Å²) in [4.78, 5) is 26.4. The molecule has 1 saturated heterocycles. The van der Waals surface area contributed by atoms with Gasteiger partial charge in [0.15, 0.2) is 5.43 Å². The minimum absolute atomic E-state index is 0.0186. The van der Waals surface area contributed by atoms with Crippen LogP contribution in [0.4, 0.5) is 0 Å². The number of carboxylic acid groups (broad SMARTS) is 1. The molecule has 1 aliphatic rings. The van der Waals surface area contributed by atoms with Gasteiger partial charge < -0.3 is 19.1 Å². The van der Waals surface area contributed by atoms with E-state index in [0.29, 0.717) is 31.2 Å². The third-order valence-electron chi connectivity index (χ3n) is 4.98. The second-order valence-electron chi connectivity index (χ2n) is 6.98. The van der Waals surface area contributed by atoms with E-state index in [0.717, 1.165) is 30.9 Å². The number of ether oxygens (including phenoxy) is 2. The van der Waals surface area contributed by atoms with Crippen LogP contribution < -0.4 is 10.2 Å². The van der Waals surface area contributed by atoms with E-state index in [2.05, 4.69) is 4.90 Å². The van der Waals surface area contributed by atoms with Gasteiger partial charge in [0.1, 0.15) is 17.9 Å². The molecule has 28 heavy (non-hydrogen) atoms. The van der Waals surface area contributed by atoms with Crippen molar-refractivity contribution in [1.82, 2.24) is 9.47 Å². The van der Waals surface area contributed by atoms with Gasteiger partial charge in [-0.05, 0) is 26.0 Å². The quantitative estimate of drug-likeness (QED) is 0.785. The molecule has 0 bridgehead atoms. The van der Waals surface area contributed by atoms with E-state index in [1.54, 1.807) is 0 Å². The molecule has 2 heterocycles. The summed E-state index contributed by atoms with van der Waals surface area (Å²) in [6.45, 7) is 8.26. The molecule has 7 nitrogen and oxygen atoms in total. The summed E-state index contributed by atoms with van der Waals surface area (Å²) in [6, 6.07) is 8.91. The van der Waals surface area contributed by atoms with E-state index in [9.17, 15) is 14.7 Å². The monoisotopic (exact) mass is 386 g/mol. The highest BCUT2D eigenvalue weighted by Gasteiger charge is 2.21. The largest absolute Gasteiger partial charge is 0.487 e. The first-order valence-electron chi connectivity index (χ1n) is 9.42. The molecule has 1 aliphatic heterocycles. The van der Waals surface area contributed by atoms with Crippen LogP contribution in [0.2, 0.25) is 0 Å². The Morgan fingerprint density at radius 3 is 2.46 bits per heavy atom. The first kappa shape index (κ1) is 20.1. The molecule has 150 valence electrons. The first-order chi connectivity index (χ1) is 13.5. The molecule has 0 aliphatic carbocycles. The Balaban J connectivity index is 1.87. The van der Waals surface area contributed by atoms with Crippen LogP contribution in [-0.2, 0) is 17.9 Å². The van der Waals surface area contributed by atoms with Gasteiger partial charge in [0.05, 0.1) is 18.9 Å². The van der Waals surface area contributed by atoms with Crippen molar-refractivity contribution in [2.45, 2.75) is 27.0 Å². The van der Waals surface area contributed by atoms with E-state index in [4.69, 9.17) is 9.47 Å². The number of aromatic carboxylic acids is 1. The maximum Gasteiger partial charge on any atom is 0.341 e. The topological polar surface area (TPSA) is 81.0 Å². The van der Waals surface area contributed by atoms with Crippen LogP contribution in [-0.4, -0.2) is 53.4 Å². The number of hydrogen-bond donors (Lipinski definition) is 1. The van der Waals surface area contributed by atoms with Gasteiger partial charge in [0, 0.05) is 37.9 Å². The second-order valence-corrected chi connectivity index (χ2v) is 6.98. The van der Waals surface area contributed by atoms with E-state index >= 15 is 0 Å². The minimum atomic E-state index is -1.23. The molecule has 1 fully saturated rings. The standard InChI is InChI=1S/C21H26N2O5/c1-15-3-5-17(6-4-15)28-14-18-20(21(25)26)19(24)13-16(2)23(18)8-7-22-9-11-27-12-10-22/h3-6,13H,7-12,14H2,1-2H3,(H,25,26). The third-order valence-corrected chi connectivity index (χ3v) is 4.98. The number of aryl methyl sites for hydroxylation is 2. The molecule has 0 atom stereocenters. The molecule has 1 aromatic carbocycles. The number of carboxylic acids is 1. The van der Waals surface area contributed by atoms with Crippen molar-refractivity contribution in [1.29, 1.82) is 0 Å². The SMILES string of the molecule is Cc1ccc(OCc2c(C(=O)O)c(=O)cc(C)n2CCN2CCOCC2)cc1. The van der Waals surface area contributed by atoms with Gasteiger partial charge in [-0.1, -0.05) is 17.7 Å². The molecular weight excluding hydrogens is 360 g/mol. The Morgan fingerprint density at radius 1 is 1.14 bits per heavy atom. The number of aromatic nitrogens is 1. The lowest BCUT2D eigenvalue weighted by Crippen LogP contribution is -2.39. The number of nitrogens with zero attached hydrogens (tertiary/aromatic N) is 2. The van der Waals surface area contributed by atoms with Crippen molar-refractivity contribution in [3.05, 3.63) is 63.1 Å². The first-order valence-corrected chi connectivity index (χ1v) is 9.42. The Bertz CT molecular complexity index is 883. The van der Waals surface area contributed by atoms with Crippen molar-refractivity contribution in [3.8, 4) is 5.75 Å². The van der Waals surface area contributed by atoms with Gasteiger partial charge in [-0.3, -0.25) is 9.69 Å². The summed E-state index contributed by atoms with van der Waals surface area (Å²) in [5.74, 6) is -0.594. The molecule has 0 unspecified atom stereocenters. The lowest BCUT2D eigenvalue weighted by Gasteiger charge is -2.28. The summed E-state index contributed by atoms with van der Waals surface area (Å²) >= 11 is 0. The van der Waals surface area contributed by atoms with Crippen LogP contribution in [0.5, 0.6) is 5.75 Å². The molecule has 0 spiro atoms. The molecular formula is C21H26N2O5. The Morgan fingerprint density at radius 2 is 1.82 bits per heavy atom. The maximum absolute atomic E-state index is 12.3. The van der Waals surface area contributed by atoms with Gasteiger partial charge in [0.25, 0.3) is 0 Å². The van der Waals surface area contributed by atoms with Crippen LogP contribution in [0.3, 0.4) is 0 Å². The van der Waals surface area contributed by atoms with Gasteiger partial charge in [-0.25, -0.2) is 4.79 Å². The highest BCUT2D eigenvalue weighted by atomic mass is 16.5. The zero-order valence-electron chi connectivity index (χ0n) is 16.3. The van der Waals surface area contributed by atoms with E-state index in [1.807, 2.05) is 42.7 Å². The zero-order valence-corrected chi connectivity index (χ0v) is 16.3. The van der Waals surface area contributed by atoms with Gasteiger partial charge in [0.2, 0.25) is 0 Å². The number of rotatable bonds is 7. The van der Waals surface area contributed by atoms with Crippen molar-refractivity contribution in [3.63, 3.8) is 0 Å². The van der Waals surface area contributed by atoms with Crippen molar-refractivity contribution < 1.29 is 19.4 Å². The van der Waals surface area contributed by atoms with Crippen molar-refractivity contribution in [2.75, 3.05) is 32.8 Å². The summed E-state index contributed by atoms with van der Waals surface area (Å²) in [5.41, 5.74) is 1.52. The summed E-state index contributed by atoms with van der Waals surface area (Å²) in [5, 5.41) is 9.62. The van der Waals surface area contributed by atoms with Crippen molar-refractivity contribution >= 4 is 5.97 Å². The average molecular weight is 386 g/mol. The van der Waals surface area contributed by atoms with Crippen LogP contribution in [0.15, 0.2) is 35.1 Å². The molecule has 7 heteroatoms. The average Bonchev–Trinajstić information content (AvgIpc) is 2.67. The number of morpholine rings is 1. The van der Waals surface area contributed by atoms with Crippen molar-refractivity contribution in [2.24, 2.45) is 0 Å². The third kappa shape index (κ3) is 4.79. The fraction of sp³-hybridized carbons (Fsp3) is 0.429. The van der Waals surface area contributed by atoms with E-state index in [-0.39, 0.29) is 12.2 Å². The van der Waals surface area contributed by atoms with E-state index in [1.165, 1.54) is 6.07 Å². The molecule has 0 radical (unpaired) electrons. The maximum atomic E-state index is 12.3. The van der Waals surface area contributed by atoms with Crippen LogP contribution in [0, 0.1) is 13.8 Å². The number of hydrogen-bond acceptors (Lipinski definition) is 5. The smallest absolute Gasteiger partial charge is 0.341 e. The van der Waals surface area contributed by atoms with Crippen LogP contribution in [0.1, 0.15) is 27.3 Å².